The number of fused-ring (bicyclic) bond motifs is 1. The molecule has 0 aliphatic carbocycles. The number of likely N-dealkylation sites (tertiary alicyclic amines) is 1. The molecule has 3 aliphatic heterocycles. The number of rotatable bonds is 12. The third-order valence-corrected chi connectivity index (χ3v) is 9.93. The Morgan fingerprint density at radius 3 is 2.37 bits per heavy atom. The molecule has 2 aromatic carbocycles. The second-order valence-electron chi connectivity index (χ2n) is 11.2. The van der Waals surface area contributed by atoms with Crippen molar-refractivity contribution in [1.82, 2.24) is 4.90 Å². The van der Waals surface area contributed by atoms with Crippen LogP contribution in [0.5, 0.6) is 0 Å². The van der Waals surface area contributed by atoms with Gasteiger partial charge in [-0.3, -0.25) is 14.4 Å². The van der Waals surface area contributed by atoms with E-state index in [0.717, 1.165) is 18.8 Å². The normalized spacial score (nSPS) is 28.0. The van der Waals surface area contributed by atoms with Crippen LogP contribution in [0.4, 0.5) is 11.4 Å². The molecule has 43 heavy (non-hydrogen) atoms. The SMILES string of the molecule is C=CCN(C(=O)C1N([C@H](CO)c2ccccc2)C(=O)[C@@H]2[C@H](C(=O)OCC)[C@H]3OC12CC3Br)c1ccc(N(CC)CC)cc1. The first-order valence-corrected chi connectivity index (χ1v) is 15.9. The fourth-order valence-electron chi connectivity index (χ4n) is 7.25. The molecule has 9 nitrogen and oxygen atoms in total. The maximum absolute atomic E-state index is 14.9. The molecule has 3 aliphatic rings. The van der Waals surface area contributed by atoms with E-state index in [0.29, 0.717) is 17.7 Å². The van der Waals surface area contributed by atoms with Gasteiger partial charge in [0.25, 0.3) is 5.91 Å². The molecule has 0 saturated carbocycles. The highest BCUT2D eigenvalue weighted by Crippen LogP contribution is 2.61. The summed E-state index contributed by atoms with van der Waals surface area (Å²) in [5.41, 5.74) is 1.09. The Balaban J connectivity index is 1.62. The number of carbonyl (C=O) groups excluding carboxylic acids is 3. The summed E-state index contributed by atoms with van der Waals surface area (Å²) < 4.78 is 12.0. The molecule has 2 amide bonds. The van der Waals surface area contributed by atoms with Crippen LogP contribution < -0.4 is 9.80 Å². The van der Waals surface area contributed by atoms with Crippen LogP contribution in [-0.4, -0.2) is 83.2 Å². The van der Waals surface area contributed by atoms with E-state index >= 15 is 0 Å². The first kappa shape index (κ1) is 31.2. The van der Waals surface area contributed by atoms with Gasteiger partial charge in [0.05, 0.1) is 37.2 Å². The van der Waals surface area contributed by atoms with Crippen LogP contribution in [0.2, 0.25) is 0 Å². The minimum atomic E-state index is -1.28. The van der Waals surface area contributed by atoms with Crippen molar-refractivity contribution < 1.29 is 29.0 Å². The lowest BCUT2D eigenvalue weighted by Gasteiger charge is -2.39. The van der Waals surface area contributed by atoms with E-state index in [1.54, 1.807) is 17.9 Å². The summed E-state index contributed by atoms with van der Waals surface area (Å²) in [6, 6.07) is 15.0. The van der Waals surface area contributed by atoms with E-state index < -0.39 is 54.1 Å². The summed E-state index contributed by atoms with van der Waals surface area (Å²) in [5, 5.41) is 10.7. The largest absolute Gasteiger partial charge is 0.466 e. The molecule has 3 heterocycles. The fourth-order valence-corrected chi connectivity index (χ4v) is 8.19. The van der Waals surface area contributed by atoms with Gasteiger partial charge in [0.1, 0.15) is 11.6 Å². The second-order valence-corrected chi connectivity index (χ2v) is 12.4. The molecule has 2 bridgehead atoms. The summed E-state index contributed by atoms with van der Waals surface area (Å²) >= 11 is 3.69. The number of hydrogen-bond donors (Lipinski definition) is 1. The maximum atomic E-state index is 14.9. The Morgan fingerprint density at radius 1 is 1.14 bits per heavy atom. The van der Waals surface area contributed by atoms with Crippen molar-refractivity contribution in [3.05, 3.63) is 72.8 Å². The van der Waals surface area contributed by atoms with Crippen LogP contribution in [0, 0.1) is 11.8 Å². The molecule has 3 unspecified atom stereocenters. The lowest BCUT2D eigenvalue weighted by atomic mass is 9.70. The van der Waals surface area contributed by atoms with Crippen LogP contribution in [0.25, 0.3) is 0 Å². The highest BCUT2D eigenvalue weighted by Gasteiger charge is 2.77. The number of carbonyl (C=O) groups is 3. The number of esters is 1. The zero-order valence-corrected chi connectivity index (χ0v) is 26.5. The van der Waals surface area contributed by atoms with Gasteiger partial charge < -0.3 is 29.3 Å². The van der Waals surface area contributed by atoms with Gasteiger partial charge in [0, 0.05) is 35.8 Å². The number of benzene rings is 2. The summed E-state index contributed by atoms with van der Waals surface area (Å²) in [6.07, 6.45) is 1.39. The summed E-state index contributed by atoms with van der Waals surface area (Å²) in [5.74, 6) is -3.06. The summed E-state index contributed by atoms with van der Waals surface area (Å²) in [4.78, 5) is 47.7. The lowest BCUT2D eigenvalue weighted by Crippen LogP contribution is -2.57. The zero-order valence-electron chi connectivity index (χ0n) is 24.9. The van der Waals surface area contributed by atoms with Crippen LogP contribution in [0.15, 0.2) is 67.3 Å². The molecule has 7 atom stereocenters. The van der Waals surface area contributed by atoms with Gasteiger partial charge in [-0.25, -0.2) is 0 Å². The maximum Gasteiger partial charge on any atom is 0.312 e. The van der Waals surface area contributed by atoms with Gasteiger partial charge in [-0.2, -0.15) is 0 Å². The zero-order chi connectivity index (χ0) is 30.9. The van der Waals surface area contributed by atoms with Crippen LogP contribution in [0.3, 0.4) is 0 Å². The predicted octanol–water partition coefficient (Wildman–Crippen LogP) is 4.10. The van der Waals surface area contributed by atoms with E-state index in [1.807, 2.05) is 54.6 Å². The molecule has 1 N–H and O–H groups in total. The monoisotopic (exact) mass is 653 g/mol. The molecule has 0 radical (unpaired) electrons. The molecule has 2 aromatic rings. The number of aliphatic hydroxyl groups is 1. The van der Waals surface area contributed by atoms with Gasteiger partial charge in [0.2, 0.25) is 5.91 Å². The first-order chi connectivity index (χ1) is 20.8. The lowest BCUT2D eigenvalue weighted by molar-refractivity contribution is -0.155. The van der Waals surface area contributed by atoms with Crippen LogP contribution in [0.1, 0.15) is 38.8 Å². The van der Waals surface area contributed by atoms with Gasteiger partial charge in [0.15, 0.2) is 0 Å². The number of nitrogens with zero attached hydrogens (tertiary/aromatic N) is 3. The Hall–Kier alpha value is -3.21. The number of hydrogen-bond acceptors (Lipinski definition) is 7. The Labute approximate surface area is 261 Å². The fraction of sp³-hybridized carbons (Fsp3) is 0.485. The number of alkyl halides is 1. The topological polar surface area (TPSA) is 99.6 Å². The summed E-state index contributed by atoms with van der Waals surface area (Å²) in [7, 11) is 0. The molecular formula is C33H40BrN3O6. The van der Waals surface area contributed by atoms with E-state index in [-0.39, 0.29) is 23.9 Å². The highest BCUT2D eigenvalue weighted by molar-refractivity contribution is 9.09. The molecule has 230 valence electrons. The summed E-state index contributed by atoms with van der Waals surface area (Å²) in [6.45, 7) is 11.5. The average molecular weight is 655 g/mol. The molecule has 10 heteroatoms. The molecule has 5 rings (SSSR count). The van der Waals surface area contributed by atoms with Crippen molar-refractivity contribution in [2.24, 2.45) is 11.8 Å². The molecule has 1 spiro atoms. The van der Waals surface area contributed by atoms with Gasteiger partial charge in [-0.1, -0.05) is 52.3 Å². The van der Waals surface area contributed by atoms with Crippen molar-refractivity contribution in [3.8, 4) is 0 Å². The Bertz CT molecular complexity index is 1340. The van der Waals surface area contributed by atoms with Crippen molar-refractivity contribution in [1.29, 1.82) is 0 Å². The minimum Gasteiger partial charge on any atom is -0.466 e. The molecular weight excluding hydrogens is 614 g/mol. The predicted molar refractivity (Wildman–Crippen MR) is 168 cm³/mol. The number of anilines is 2. The Morgan fingerprint density at radius 2 is 1.79 bits per heavy atom. The highest BCUT2D eigenvalue weighted by atomic mass is 79.9. The molecule has 3 saturated heterocycles. The van der Waals surface area contributed by atoms with Crippen molar-refractivity contribution >= 4 is 45.1 Å². The number of halogens is 1. The van der Waals surface area contributed by atoms with Crippen LogP contribution >= 0.6 is 15.9 Å². The average Bonchev–Trinajstić information content (AvgIpc) is 3.61. The first-order valence-electron chi connectivity index (χ1n) is 15.0. The molecule has 3 fully saturated rings. The minimum absolute atomic E-state index is 0.162. The standard InChI is InChI=1S/C33H40BrN3O6/c1-5-18-36(23-16-14-22(15-17-23)35(6-2)7-3)31(40)29-33-19-24(34)28(43-33)26(32(41)42-8-4)27(33)30(39)37(29)25(20-38)21-12-10-9-11-13-21/h5,9-17,24-29,38H,1,6-8,18-20H2,2-4H3/t24?,25-,26+,27+,28+,29?,33?/m1/s1. The third-order valence-electron chi connectivity index (χ3n) is 9.08. The number of amides is 2. The van der Waals surface area contributed by atoms with Gasteiger partial charge in [-0.05, 0) is 57.0 Å². The van der Waals surface area contributed by atoms with E-state index in [2.05, 4.69) is 41.3 Å². The third kappa shape index (κ3) is 5.17. The van der Waals surface area contributed by atoms with Gasteiger partial charge in [-0.15, -0.1) is 6.58 Å². The Kier molecular flexibility index (Phi) is 9.29. The van der Waals surface area contributed by atoms with Crippen molar-refractivity contribution in [2.45, 2.75) is 55.8 Å². The van der Waals surface area contributed by atoms with E-state index in [1.165, 1.54) is 4.90 Å². The van der Waals surface area contributed by atoms with Crippen LogP contribution in [-0.2, 0) is 23.9 Å². The number of aliphatic hydroxyl groups excluding tert-OH is 1. The second kappa shape index (κ2) is 12.8. The number of ether oxygens (including phenoxy) is 2. The van der Waals surface area contributed by atoms with E-state index in [4.69, 9.17) is 9.47 Å². The van der Waals surface area contributed by atoms with Gasteiger partial charge >= 0.3 is 5.97 Å². The van der Waals surface area contributed by atoms with Crippen molar-refractivity contribution in [3.63, 3.8) is 0 Å². The quantitative estimate of drug-likeness (QED) is 0.209. The smallest absolute Gasteiger partial charge is 0.312 e. The van der Waals surface area contributed by atoms with Crippen molar-refractivity contribution in [2.75, 3.05) is 42.6 Å². The van der Waals surface area contributed by atoms with E-state index in [9.17, 15) is 19.5 Å². The molecule has 0 aromatic heterocycles.